The number of nitrogens with one attached hydrogen (secondary N) is 1. The molecule has 0 fully saturated rings. The van der Waals surface area contributed by atoms with Crippen LogP contribution in [0.2, 0.25) is 0 Å². The van der Waals surface area contributed by atoms with Gasteiger partial charge in [-0.1, -0.05) is 346 Å². The largest absolute Gasteiger partial charge is 0.466 e. The molecule has 6 heteroatoms. The Kier molecular flexibility index (Phi) is 68.9. The topological polar surface area (TPSA) is 95.9 Å². The first-order chi connectivity index (χ1) is 40.0. The van der Waals surface area contributed by atoms with E-state index in [4.69, 9.17) is 4.74 Å². The number of allylic oxidation sites excluding steroid dienone is 6. The summed E-state index contributed by atoms with van der Waals surface area (Å²) in [4.78, 5) is 24.6. The molecule has 0 radical (unpaired) electrons. The van der Waals surface area contributed by atoms with Gasteiger partial charge in [-0.3, -0.25) is 9.59 Å². The van der Waals surface area contributed by atoms with Crippen LogP contribution in [0, 0.1) is 0 Å². The van der Waals surface area contributed by atoms with Gasteiger partial charge in [0.2, 0.25) is 5.91 Å². The highest BCUT2D eigenvalue weighted by Gasteiger charge is 2.20. The van der Waals surface area contributed by atoms with E-state index < -0.39 is 12.1 Å². The maximum absolute atomic E-state index is 12.5. The van der Waals surface area contributed by atoms with Crippen LogP contribution in [-0.2, 0) is 14.3 Å². The number of aliphatic hydroxyl groups is 2. The van der Waals surface area contributed by atoms with Crippen molar-refractivity contribution in [2.75, 3.05) is 13.2 Å². The van der Waals surface area contributed by atoms with Gasteiger partial charge < -0.3 is 20.3 Å². The SMILES string of the molecule is CCCCCC/C=C\C/C=C\CCCCCCCC(=O)OCCCCCCCCCCCCCC/C=C\CCCCCCCCCCCCCCCC(=O)NC(CO)C(O)CCCCCCCCCCCCCCCCCCCCC. The van der Waals surface area contributed by atoms with Crippen molar-refractivity contribution in [1.29, 1.82) is 0 Å². The molecule has 1 amide bonds. The molecular weight excluding hydrogens is 995 g/mol. The van der Waals surface area contributed by atoms with E-state index in [1.54, 1.807) is 0 Å². The number of ether oxygens (including phenoxy) is 1. The van der Waals surface area contributed by atoms with Crippen molar-refractivity contribution in [3.63, 3.8) is 0 Å². The predicted molar refractivity (Wildman–Crippen MR) is 356 cm³/mol. The Hall–Kier alpha value is -1.92. The Morgan fingerprint density at radius 3 is 0.963 bits per heavy atom. The highest BCUT2D eigenvalue weighted by molar-refractivity contribution is 5.76. The lowest BCUT2D eigenvalue weighted by Crippen LogP contribution is -2.45. The molecule has 0 heterocycles. The van der Waals surface area contributed by atoms with Crippen LogP contribution in [0.15, 0.2) is 36.5 Å². The van der Waals surface area contributed by atoms with Crippen LogP contribution >= 0.6 is 0 Å². The molecule has 3 N–H and O–H groups in total. The summed E-state index contributed by atoms with van der Waals surface area (Å²) in [5.41, 5.74) is 0. The van der Waals surface area contributed by atoms with Gasteiger partial charge in [0.1, 0.15) is 0 Å². The maximum atomic E-state index is 12.5. The van der Waals surface area contributed by atoms with E-state index in [1.165, 1.54) is 321 Å². The molecule has 478 valence electrons. The van der Waals surface area contributed by atoms with Gasteiger partial charge in [0.15, 0.2) is 0 Å². The van der Waals surface area contributed by atoms with Crippen LogP contribution in [0.25, 0.3) is 0 Å². The first kappa shape index (κ1) is 79.1. The Bertz CT molecular complexity index is 1310. The molecule has 81 heavy (non-hydrogen) atoms. The van der Waals surface area contributed by atoms with E-state index in [0.717, 1.165) is 51.4 Å². The predicted octanol–water partition coefficient (Wildman–Crippen LogP) is 23.9. The molecule has 0 aliphatic rings. The third kappa shape index (κ3) is 67.1. The van der Waals surface area contributed by atoms with Crippen molar-refractivity contribution in [3.8, 4) is 0 Å². The van der Waals surface area contributed by atoms with Crippen LogP contribution in [0.5, 0.6) is 0 Å². The zero-order valence-electron chi connectivity index (χ0n) is 54.8. The Morgan fingerprint density at radius 1 is 0.346 bits per heavy atom. The van der Waals surface area contributed by atoms with Crippen molar-refractivity contribution < 1.29 is 24.5 Å². The molecular formula is C75H143NO5. The second kappa shape index (κ2) is 70.6. The van der Waals surface area contributed by atoms with Gasteiger partial charge in [-0.2, -0.15) is 0 Å². The molecule has 0 aromatic heterocycles. The highest BCUT2D eigenvalue weighted by Crippen LogP contribution is 2.19. The fraction of sp³-hybridized carbons (Fsp3) is 0.893. The lowest BCUT2D eigenvalue weighted by molar-refractivity contribution is -0.143. The van der Waals surface area contributed by atoms with Crippen molar-refractivity contribution in [2.45, 2.75) is 418 Å². The monoisotopic (exact) mass is 1140 g/mol. The smallest absolute Gasteiger partial charge is 0.305 e. The fourth-order valence-corrected chi connectivity index (χ4v) is 11.6. The number of rotatable bonds is 69. The van der Waals surface area contributed by atoms with Gasteiger partial charge >= 0.3 is 5.97 Å². The molecule has 0 saturated carbocycles. The lowest BCUT2D eigenvalue weighted by atomic mass is 10.0. The second-order valence-corrected chi connectivity index (χ2v) is 25.3. The number of aliphatic hydroxyl groups excluding tert-OH is 2. The van der Waals surface area contributed by atoms with Crippen LogP contribution < -0.4 is 5.32 Å². The summed E-state index contributed by atoms with van der Waals surface area (Å²) in [6, 6.07) is -0.542. The lowest BCUT2D eigenvalue weighted by Gasteiger charge is -2.22. The summed E-state index contributed by atoms with van der Waals surface area (Å²) < 4.78 is 5.49. The third-order valence-electron chi connectivity index (χ3n) is 17.2. The molecule has 2 unspecified atom stereocenters. The zero-order chi connectivity index (χ0) is 58.5. The van der Waals surface area contributed by atoms with E-state index in [-0.39, 0.29) is 18.5 Å². The van der Waals surface area contributed by atoms with Gasteiger partial charge in [-0.15, -0.1) is 0 Å². The molecule has 0 aliphatic carbocycles. The van der Waals surface area contributed by atoms with E-state index in [2.05, 4.69) is 55.6 Å². The fourth-order valence-electron chi connectivity index (χ4n) is 11.6. The summed E-state index contributed by atoms with van der Waals surface area (Å²) in [6.45, 7) is 4.97. The van der Waals surface area contributed by atoms with Crippen molar-refractivity contribution >= 4 is 11.9 Å². The van der Waals surface area contributed by atoms with Crippen LogP contribution in [0.1, 0.15) is 406 Å². The molecule has 0 aromatic rings. The Balaban J connectivity index is 3.38. The molecule has 6 nitrogen and oxygen atoms in total. The first-order valence-electron chi connectivity index (χ1n) is 36.7. The molecule has 0 spiro atoms. The maximum Gasteiger partial charge on any atom is 0.305 e. The van der Waals surface area contributed by atoms with Crippen LogP contribution in [-0.4, -0.2) is 47.4 Å². The molecule has 0 aliphatic heterocycles. The van der Waals surface area contributed by atoms with Gasteiger partial charge in [0.25, 0.3) is 0 Å². The van der Waals surface area contributed by atoms with E-state index in [0.29, 0.717) is 25.9 Å². The van der Waals surface area contributed by atoms with E-state index in [9.17, 15) is 19.8 Å². The first-order valence-corrected chi connectivity index (χ1v) is 36.7. The molecule has 0 rings (SSSR count). The van der Waals surface area contributed by atoms with E-state index >= 15 is 0 Å². The second-order valence-electron chi connectivity index (χ2n) is 25.3. The van der Waals surface area contributed by atoms with Crippen LogP contribution in [0.3, 0.4) is 0 Å². The van der Waals surface area contributed by atoms with Crippen LogP contribution in [0.4, 0.5) is 0 Å². The van der Waals surface area contributed by atoms with Gasteiger partial charge in [0.05, 0.1) is 25.4 Å². The van der Waals surface area contributed by atoms with Gasteiger partial charge in [-0.05, 0) is 83.5 Å². The van der Waals surface area contributed by atoms with E-state index in [1.807, 2.05) is 0 Å². The number of hydrogen-bond donors (Lipinski definition) is 3. The minimum atomic E-state index is -0.665. The average molecular weight is 1140 g/mol. The van der Waals surface area contributed by atoms with Gasteiger partial charge in [0, 0.05) is 12.8 Å². The summed E-state index contributed by atoms with van der Waals surface area (Å²) in [6.07, 6.45) is 90.6. The summed E-state index contributed by atoms with van der Waals surface area (Å²) in [5, 5.41) is 23.4. The van der Waals surface area contributed by atoms with Crippen molar-refractivity contribution in [3.05, 3.63) is 36.5 Å². The minimum absolute atomic E-state index is 0.00356. The molecule has 0 aromatic carbocycles. The summed E-state index contributed by atoms with van der Waals surface area (Å²) in [7, 11) is 0. The molecule has 0 bridgehead atoms. The van der Waals surface area contributed by atoms with Gasteiger partial charge in [-0.25, -0.2) is 0 Å². The summed E-state index contributed by atoms with van der Waals surface area (Å²) in [5.74, 6) is -0.0268. The zero-order valence-corrected chi connectivity index (χ0v) is 54.8. The van der Waals surface area contributed by atoms with Crippen molar-refractivity contribution in [1.82, 2.24) is 5.32 Å². The summed E-state index contributed by atoms with van der Waals surface area (Å²) >= 11 is 0. The average Bonchev–Trinajstić information content (AvgIpc) is 3.47. The third-order valence-corrected chi connectivity index (χ3v) is 17.2. The number of carbonyl (C=O) groups excluding carboxylic acids is 2. The number of unbranched alkanes of at least 4 members (excludes halogenated alkanes) is 52. The number of carbonyl (C=O) groups is 2. The quantitative estimate of drug-likeness (QED) is 0.0320. The number of hydrogen-bond acceptors (Lipinski definition) is 5. The number of amides is 1. The molecule has 2 atom stereocenters. The molecule has 0 saturated heterocycles. The normalized spacial score (nSPS) is 12.7. The number of esters is 1. The Morgan fingerprint density at radius 2 is 0.617 bits per heavy atom. The standard InChI is InChI=1S/C75H143NO5/c1-3-5-7-9-11-13-15-17-19-21-33-36-39-43-47-51-55-59-63-67-73(78)72(71-77)76-74(79)68-64-60-56-52-48-44-40-37-34-31-29-27-25-23-22-24-26-28-30-32-35-38-42-46-50-54-58-62-66-70-81-75(80)69-65-61-57-53-49-45-41-20-18-16-14-12-10-8-6-4-2/h14,16,20,22,24,41,72-73,77-78H,3-13,15,17-19,21,23,25-40,42-71H2,1-2H3,(H,76,79)/b16-14-,24-22-,41-20-. The Labute approximate surface area is 506 Å². The highest BCUT2D eigenvalue weighted by atomic mass is 16.5. The van der Waals surface area contributed by atoms with Crippen molar-refractivity contribution in [2.24, 2.45) is 0 Å². The minimum Gasteiger partial charge on any atom is -0.466 e.